The molecule has 2 atom stereocenters. The normalized spacial score (nSPS) is 14.3. The van der Waals surface area contributed by atoms with E-state index in [1.54, 1.807) is 36.4 Å². The van der Waals surface area contributed by atoms with Gasteiger partial charge in [-0.2, -0.15) is 0 Å². The third-order valence-corrected chi connectivity index (χ3v) is 7.03. The predicted octanol–water partition coefficient (Wildman–Crippen LogP) is 3.81. The number of anilines is 1. The van der Waals surface area contributed by atoms with Gasteiger partial charge in [0.25, 0.3) is 11.8 Å². The van der Waals surface area contributed by atoms with Crippen LogP contribution in [0.2, 0.25) is 0 Å². The number of hydrogen-bond acceptors (Lipinski definition) is 7. The lowest BCUT2D eigenvalue weighted by Crippen LogP contribution is -2.59. The first-order valence-electron chi connectivity index (χ1n) is 15.1. The average molecular weight is 631 g/mol. The molecule has 4 rings (SSSR count). The fraction of sp³-hybridized carbons (Fsp3) is 0.382. The minimum absolute atomic E-state index is 0.106. The second kappa shape index (κ2) is 14.9. The number of ether oxygens (including phenoxy) is 2. The summed E-state index contributed by atoms with van der Waals surface area (Å²) in [6.45, 7) is 9.24. The number of alkyl carbamates (subject to hydrolysis) is 1. The van der Waals surface area contributed by atoms with Crippen LogP contribution in [0.15, 0.2) is 85.3 Å². The third kappa shape index (κ3) is 9.51. The highest BCUT2D eigenvalue weighted by Crippen LogP contribution is 2.23. The van der Waals surface area contributed by atoms with Crippen LogP contribution < -0.4 is 16.0 Å². The van der Waals surface area contributed by atoms with Crippen LogP contribution in [0, 0.1) is 0 Å². The van der Waals surface area contributed by atoms with E-state index in [1.807, 2.05) is 72.8 Å². The molecule has 1 aliphatic rings. The smallest absolute Gasteiger partial charge is 0.408 e. The Morgan fingerprint density at radius 1 is 0.913 bits per heavy atom. The van der Waals surface area contributed by atoms with E-state index in [4.69, 9.17) is 9.47 Å². The number of hydrogen-bond donors (Lipinski definition) is 3. The van der Waals surface area contributed by atoms with Crippen molar-refractivity contribution in [3.8, 4) is 0 Å². The van der Waals surface area contributed by atoms with Crippen LogP contribution in [-0.2, 0) is 30.5 Å². The number of nitrogens with one attached hydrogen (secondary N) is 3. The van der Waals surface area contributed by atoms with E-state index in [2.05, 4.69) is 20.9 Å². The second-order valence-corrected chi connectivity index (χ2v) is 12.5. The Kier molecular flexibility index (Phi) is 11.0. The molecule has 244 valence electrons. The fourth-order valence-corrected chi connectivity index (χ4v) is 4.67. The van der Waals surface area contributed by atoms with E-state index in [-0.39, 0.29) is 24.9 Å². The van der Waals surface area contributed by atoms with Crippen molar-refractivity contribution < 1.29 is 28.7 Å². The third-order valence-electron chi connectivity index (χ3n) is 7.03. The zero-order valence-corrected chi connectivity index (χ0v) is 26.9. The Morgan fingerprint density at radius 2 is 1.54 bits per heavy atom. The molecular formula is C34H42N6O6. The predicted molar refractivity (Wildman–Crippen MR) is 173 cm³/mol. The van der Waals surface area contributed by atoms with Gasteiger partial charge in [-0.05, 0) is 45.7 Å². The Hall–Kier alpha value is -4.97. The number of carbonyl (C=O) groups excluding carboxylic acids is 4. The number of rotatable bonds is 12. The van der Waals surface area contributed by atoms with Gasteiger partial charge in [0.2, 0.25) is 5.91 Å². The topological polar surface area (TPSA) is 144 Å². The van der Waals surface area contributed by atoms with Gasteiger partial charge in [0.15, 0.2) is 5.82 Å². The summed E-state index contributed by atoms with van der Waals surface area (Å²) in [5.41, 5.74) is -0.518. The lowest BCUT2D eigenvalue weighted by atomic mass is 10.0. The van der Waals surface area contributed by atoms with Crippen molar-refractivity contribution in [2.24, 2.45) is 0 Å². The number of imidazole rings is 1. The van der Waals surface area contributed by atoms with Crippen LogP contribution in [0.3, 0.4) is 0 Å². The molecule has 0 fully saturated rings. The van der Waals surface area contributed by atoms with Gasteiger partial charge in [0, 0.05) is 19.3 Å². The fourth-order valence-electron chi connectivity index (χ4n) is 4.67. The molecule has 12 nitrogen and oxygen atoms in total. The molecule has 1 aliphatic heterocycles. The largest absolute Gasteiger partial charge is 0.444 e. The lowest BCUT2D eigenvalue weighted by molar-refractivity contribution is -0.132. The standard InChI is InChI=1S/C34H42N6O6/c1-33(2,3)46-32(44)38-34(4,5)31(43)36-26(22-45-21-24-14-8-6-9-15-24)29(41)37-27-20-40(23-35-27)28(25-16-10-7-11-17-25)30(42)39-18-12-13-19-39/h6-17,20,23,26,28H,18-19,21-22H2,1-5H3,(H,36,43)(H,37,41)(H,38,44)/t26-,28?/m1/s1. The summed E-state index contributed by atoms with van der Waals surface area (Å²) in [5.74, 6) is -1.13. The first kappa shape index (κ1) is 33.9. The van der Waals surface area contributed by atoms with Crippen molar-refractivity contribution in [3.63, 3.8) is 0 Å². The molecule has 3 aromatic rings. The highest BCUT2D eigenvalue weighted by Gasteiger charge is 2.35. The number of benzene rings is 2. The van der Waals surface area contributed by atoms with Crippen molar-refractivity contribution in [1.29, 1.82) is 0 Å². The molecule has 4 amide bonds. The van der Waals surface area contributed by atoms with E-state index < -0.39 is 41.1 Å². The molecule has 0 spiro atoms. The summed E-state index contributed by atoms with van der Waals surface area (Å²) in [4.78, 5) is 58.9. The molecule has 46 heavy (non-hydrogen) atoms. The summed E-state index contributed by atoms with van der Waals surface area (Å²) < 4.78 is 12.8. The van der Waals surface area contributed by atoms with Crippen LogP contribution in [0.4, 0.5) is 10.6 Å². The van der Waals surface area contributed by atoms with Gasteiger partial charge in [-0.15, -0.1) is 0 Å². The van der Waals surface area contributed by atoms with Gasteiger partial charge < -0.3 is 34.9 Å². The van der Waals surface area contributed by atoms with E-state index in [0.717, 1.165) is 11.1 Å². The maximum absolute atomic E-state index is 13.6. The van der Waals surface area contributed by atoms with Gasteiger partial charge in [0.1, 0.15) is 23.2 Å². The van der Waals surface area contributed by atoms with Crippen LogP contribution in [0.25, 0.3) is 0 Å². The summed E-state index contributed by atoms with van der Waals surface area (Å²) >= 11 is 0. The summed E-state index contributed by atoms with van der Waals surface area (Å²) in [5, 5.41) is 7.99. The number of amides is 4. The molecule has 0 saturated carbocycles. The van der Waals surface area contributed by atoms with E-state index in [1.165, 1.54) is 20.2 Å². The van der Waals surface area contributed by atoms with Gasteiger partial charge >= 0.3 is 6.09 Å². The first-order chi connectivity index (χ1) is 21.8. The zero-order valence-electron chi connectivity index (χ0n) is 26.9. The molecule has 2 heterocycles. The number of nitrogens with zero attached hydrogens (tertiary/aromatic N) is 3. The number of carbonyl (C=O) groups is 4. The molecule has 0 aliphatic carbocycles. The minimum atomic E-state index is -1.42. The molecule has 0 radical (unpaired) electrons. The van der Waals surface area contributed by atoms with Crippen LogP contribution >= 0.6 is 0 Å². The molecule has 0 bridgehead atoms. The maximum Gasteiger partial charge on any atom is 0.408 e. The molecular weight excluding hydrogens is 588 g/mol. The van der Waals surface area contributed by atoms with Gasteiger partial charge in [0.05, 0.1) is 19.5 Å². The molecule has 3 N–H and O–H groups in total. The quantitative estimate of drug-likeness (QED) is 0.258. The van der Waals surface area contributed by atoms with E-state index in [9.17, 15) is 19.2 Å². The molecule has 2 aromatic carbocycles. The van der Waals surface area contributed by atoms with E-state index >= 15 is 0 Å². The second-order valence-electron chi connectivity index (χ2n) is 12.5. The van der Waals surface area contributed by atoms with Gasteiger partial charge in [-0.25, -0.2) is 9.78 Å². The lowest BCUT2D eigenvalue weighted by Gasteiger charge is -2.29. The maximum atomic E-state index is 13.6. The van der Waals surface area contributed by atoms with Crippen molar-refractivity contribution in [1.82, 2.24) is 25.1 Å². The zero-order chi connectivity index (χ0) is 33.3. The summed E-state index contributed by atoms with van der Waals surface area (Å²) in [6, 6.07) is 16.9. The van der Waals surface area contributed by atoms with Crippen LogP contribution in [0.5, 0.6) is 0 Å². The highest BCUT2D eigenvalue weighted by atomic mass is 16.6. The van der Waals surface area contributed by atoms with Gasteiger partial charge in [-0.3, -0.25) is 14.4 Å². The Morgan fingerprint density at radius 3 is 2.17 bits per heavy atom. The van der Waals surface area contributed by atoms with Crippen molar-refractivity contribution in [3.05, 3.63) is 96.5 Å². The van der Waals surface area contributed by atoms with Gasteiger partial charge in [-0.1, -0.05) is 72.8 Å². The SMILES string of the molecule is CC(C)(C)OC(=O)NC(C)(C)C(=O)N[C@H](COCc1ccccc1)C(=O)Nc1cn(C(C(=O)N2CC=CC2)c2ccccc2)cn1. The molecule has 12 heteroatoms. The van der Waals surface area contributed by atoms with Crippen LogP contribution in [-0.4, -0.2) is 75.1 Å². The molecule has 1 aromatic heterocycles. The Balaban J connectivity index is 1.50. The highest BCUT2D eigenvalue weighted by molar-refractivity contribution is 5.98. The summed E-state index contributed by atoms with van der Waals surface area (Å²) in [6.07, 6.45) is 6.18. The van der Waals surface area contributed by atoms with Crippen LogP contribution in [0.1, 0.15) is 51.8 Å². The van der Waals surface area contributed by atoms with Crippen molar-refractivity contribution >= 4 is 29.6 Å². The van der Waals surface area contributed by atoms with E-state index in [0.29, 0.717) is 13.1 Å². The van der Waals surface area contributed by atoms with Crippen molar-refractivity contribution in [2.75, 3.05) is 25.0 Å². The molecule has 0 saturated heterocycles. The monoisotopic (exact) mass is 630 g/mol. The first-order valence-corrected chi connectivity index (χ1v) is 15.1. The minimum Gasteiger partial charge on any atom is -0.444 e. The number of aromatic nitrogens is 2. The average Bonchev–Trinajstić information content (AvgIpc) is 3.69. The van der Waals surface area contributed by atoms with Crippen molar-refractivity contribution in [2.45, 2.75) is 64.4 Å². The Bertz CT molecular complexity index is 1520. The summed E-state index contributed by atoms with van der Waals surface area (Å²) in [7, 11) is 0. The molecule has 1 unspecified atom stereocenters. The Labute approximate surface area is 269 Å².